The molecule has 23 heavy (non-hydrogen) atoms. The van der Waals surface area contributed by atoms with Gasteiger partial charge in [0.1, 0.15) is 18.1 Å². The number of hydrogen-bond donors (Lipinski definition) is 0. The molecule has 3 heterocycles. The molecular formula is C16H18FN5S. The van der Waals surface area contributed by atoms with E-state index in [-0.39, 0.29) is 6.04 Å². The average molecular weight is 331 g/mol. The van der Waals surface area contributed by atoms with Crippen molar-refractivity contribution in [3.05, 3.63) is 40.5 Å². The molecule has 2 aromatic heterocycles. The molecule has 0 aromatic carbocycles. The molecule has 5 nitrogen and oxygen atoms in total. The Morgan fingerprint density at radius 1 is 1.48 bits per heavy atom. The van der Waals surface area contributed by atoms with Gasteiger partial charge in [0.05, 0.1) is 12.4 Å². The molecule has 0 radical (unpaired) electrons. The molecule has 0 amide bonds. The lowest BCUT2D eigenvalue weighted by molar-refractivity contribution is 0.239. The van der Waals surface area contributed by atoms with Crippen LogP contribution in [-0.2, 0) is 6.54 Å². The van der Waals surface area contributed by atoms with Crippen LogP contribution >= 0.6 is 11.3 Å². The molecule has 0 unspecified atom stereocenters. The number of anilines is 1. The Balaban J connectivity index is 1.65. The summed E-state index contributed by atoms with van der Waals surface area (Å²) in [4.78, 5) is 13.7. The first kappa shape index (κ1) is 15.8. The first-order valence-electron chi connectivity index (χ1n) is 7.49. The Hall–Kier alpha value is -2.04. The summed E-state index contributed by atoms with van der Waals surface area (Å²) < 4.78 is 13.9. The molecule has 2 aromatic rings. The van der Waals surface area contributed by atoms with Crippen LogP contribution in [0.25, 0.3) is 0 Å². The highest BCUT2D eigenvalue weighted by Gasteiger charge is 2.33. The fourth-order valence-electron chi connectivity index (χ4n) is 2.89. The van der Waals surface area contributed by atoms with E-state index >= 15 is 0 Å². The molecule has 2 atom stereocenters. The number of halogens is 1. The minimum absolute atomic E-state index is 0.148. The molecule has 1 aliphatic heterocycles. The summed E-state index contributed by atoms with van der Waals surface area (Å²) in [7, 11) is 1.92. The number of hydrogen-bond acceptors (Lipinski definition) is 6. The van der Waals surface area contributed by atoms with Gasteiger partial charge in [0.25, 0.3) is 0 Å². The SMILES string of the molecule is CN(C[C@@H]1C[C@H](F)CN1Cc1cccs1)c1cnc(C#N)cn1. The largest absolute Gasteiger partial charge is 0.357 e. The second-order valence-corrected chi connectivity index (χ2v) is 6.78. The van der Waals surface area contributed by atoms with Crippen LogP contribution in [-0.4, -0.2) is 47.2 Å². The lowest BCUT2D eigenvalue weighted by Crippen LogP contribution is -2.38. The fourth-order valence-corrected chi connectivity index (χ4v) is 3.62. The van der Waals surface area contributed by atoms with Gasteiger partial charge in [-0.15, -0.1) is 11.3 Å². The van der Waals surface area contributed by atoms with Gasteiger partial charge < -0.3 is 4.90 Å². The van der Waals surface area contributed by atoms with Gasteiger partial charge in [-0.2, -0.15) is 5.26 Å². The van der Waals surface area contributed by atoms with Crippen LogP contribution in [0.2, 0.25) is 0 Å². The van der Waals surface area contributed by atoms with E-state index in [1.807, 2.05) is 29.5 Å². The zero-order valence-electron chi connectivity index (χ0n) is 12.9. The molecule has 1 fully saturated rings. The van der Waals surface area contributed by atoms with Gasteiger partial charge >= 0.3 is 0 Å². The summed E-state index contributed by atoms with van der Waals surface area (Å²) >= 11 is 1.70. The molecule has 0 spiro atoms. The van der Waals surface area contributed by atoms with Crippen LogP contribution in [0.15, 0.2) is 29.9 Å². The second kappa shape index (κ2) is 7.02. The number of likely N-dealkylation sites (N-methyl/N-ethyl adjacent to an activating group) is 1. The highest BCUT2D eigenvalue weighted by atomic mass is 32.1. The van der Waals surface area contributed by atoms with Gasteiger partial charge in [-0.25, -0.2) is 14.4 Å². The number of nitrogens with zero attached hydrogens (tertiary/aromatic N) is 5. The van der Waals surface area contributed by atoms with Crippen LogP contribution in [0.1, 0.15) is 17.0 Å². The Bertz CT molecular complexity index is 667. The number of rotatable bonds is 5. The van der Waals surface area contributed by atoms with Crippen molar-refractivity contribution in [2.24, 2.45) is 0 Å². The molecule has 0 N–H and O–H groups in total. The van der Waals surface area contributed by atoms with E-state index in [0.717, 1.165) is 6.54 Å². The Morgan fingerprint density at radius 2 is 2.35 bits per heavy atom. The molecule has 1 saturated heterocycles. The van der Waals surface area contributed by atoms with E-state index in [0.29, 0.717) is 31.0 Å². The first-order valence-corrected chi connectivity index (χ1v) is 8.37. The molecule has 120 valence electrons. The summed E-state index contributed by atoms with van der Waals surface area (Å²) in [5.41, 5.74) is 0.297. The van der Waals surface area contributed by atoms with E-state index in [1.54, 1.807) is 17.5 Å². The third-order valence-corrected chi connectivity index (χ3v) is 4.91. The van der Waals surface area contributed by atoms with Gasteiger partial charge in [-0.1, -0.05) is 6.07 Å². The minimum atomic E-state index is -0.777. The van der Waals surface area contributed by atoms with Crippen molar-refractivity contribution in [3.8, 4) is 6.07 Å². The van der Waals surface area contributed by atoms with E-state index in [9.17, 15) is 4.39 Å². The van der Waals surface area contributed by atoms with Gasteiger partial charge in [0.15, 0.2) is 5.69 Å². The van der Waals surface area contributed by atoms with Crippen molar-refractivity contribution in [3.63, 3.8) is 0 Å². The zero-order chi connectivity index (χ0) is 16.2. The Kier molecular flexibility index (Phi) is 4.84. The Morgan fingerprint density at radius 3 is 3.00 bits per heavy atom. The lowest BCUT2D eigenvalue weighted by atomic mass is 10.2. The maximum atomic E-state index is 13.9. The normalized spacial score (nSPS) is 21.3. The summed E-state index contributed by atoms with van der Waals surface area (Å²) in [5.74, 6) is 0.697. The van der Waals surface area contributed by atoms with Crippen LogP contribution < -0.4 is 4.90 Å². The van der Waals surface area contributed by atoms with Crippen molar-refractivity contribution >= 4 is 17.2 Å². The molecule has 1 aliphatic rings. The van der Waals surface area contributed by atoms with Crippen LogP contribution in [0.3, 0.4) is 0 Å². The maximum Gasteiger partial charge on any atom is 0.158 e. The predicted octanol–water partition coefficient (Wildman–Crippen LogP) is 2.46. The standard InChI is InChI=1S/C16H18FN5S/c1-21(16-8-19-13(6-18)7-20-16)10-14-5-12(17)9-22(14)11-15-3-2-4-23-15/h2-4,7-8,12,14H,5,9-11H2,1H3/t12-,14-/m0/s1. The molecule has 7 heteroatoms. The summed E-state index contributed by atoms with van der Waals surface area (Å²) in [6.45, 7) is 1.96. The maximum absolute atomic E-state index is 13.9. The number of thiophene rings is 1. The van der Waals surface area contributed by atoms with Crippen molar-refractivity contribution < 1.29 is 4.39 Å². The van der Waals surface area contributed by atoms with Crippen molar-refractivity contribution in [2.75, 3.05) is 25.0 Å². The third-order valence-electron chi connectivity index (χ3n) is 4.04. The van der Waals surface area contributed by atoms with Crippen molar-refractivity contribution in [1.29, 1.82) is 5.26 Å². The third kappa shape index (κ3) is 3.84. The number of likely N-dealkylation sites (tertiary alicyclic amines) is 1. The Labute approximate surface area is 139 Å². The first-order chi connectivity index (χ1) is 11.2. The number of nitriles is 1. The molecular weight excluding hydrogens is 313 g/mol. The summed E-state index contributed by atoms with van der Waals surface area (Å²) in [6.07, 6.45) is 2.81. The van der Waals surface area contributed by atoms with Crippen molar-refractivity contribution in [2.45, 2.75) is 25.2 Å². The molecule has 0 saturated carbocycles. The quantitative estimate of drug-likeness (QED) is 0.842. The molecule has 3 rings (SSSR count). The van der Waals surface area contributed by atoms with Gasteiger partial charge in [0.2, 0.25) is 0 Å². The van der Waals surface area contributed by atoms with E-state index < -0.39 is 6.17 Å². The zero-order valence-corrected chi connectivity index (χ0v) is 13.7. The second-order valence-electron chi connectivity index (χ2n) is 5.75. The monoisotopic (exact) mass is 331 g/mol. The van der Waals surface area contributed by atoms with E-state index in [2.05, 4.69) is 20.9 Å². The summed E-state index contributed by atoms with van der Waals surface area (Å²) in [6, 6.07) is 6.21. The van der Waals surface area contributed by atoms with Gasteiger partial charge in [-0.05, 0) is 17.9 Å². The fraction of sp³-hybridized carbons (Fsp3) is 0.438. The van der Waals surface area contributed by atoms with Crippen LogP contribution in [0, 0.1) is 11.3 Å². The highest BCUT2D eigenvalue weighted by Crippen LogP contribution is 2.25. The van der Waals surface area contributed by atoms with E-state index in [1.165, 1.54) is 11.1 Å². The smallest absolute Gasteiger partial charge is 0.158 e. The topological polar surface area (TPSA) is 56.0 Å². The highest BCUT2D eigenvalue weighted by molar-refractivity contribution is 7.09. The number of aromatic nitrogens is 2. The van der Waals surface area contributed by atoms with Gasteiger partial charge in [-0.3, -0.25) is 4.90 Å². The summed E-state index contributed by atoms with van der Waals surface area (Å²) in [5, 5.41) is 10.8. The lowest BCUT2D eigenvalue weighted by Gasteiger charge is -2.28. The van der Waals surface area contributed by atoms with Crippen LogP contribution in [0.5, 0.6) is 0 Å². The molecule has 0 bridgehead atoms. The minimum Gasteiger partial charge on any atom is -0.357 e. The van der Waals surface area contributed by atoms with Crippen LogP contribution in [0.4, 0.5) is 10.2 Å². The average Bonchev–Trinajstić information content (AvgIpc) is 3.18. The van der Waals surface area contributed by atoms with Crippen molar-refractivity contribution in [1.82, 2.24) is 14.9 Å². The van der Waals surface area contributed by atoms with Gasteiger partial charge in [0, 0.05) is 37.6 Å². The predicted molar refractivity (Wildman–Crippen MR) is 88.0 cm³/mol. The van der Waals surface area contributed by atoms with E-state index in [4.69, 9.17) is 5.26 Å². The molecule has 0 aliphatic carbocycles. The number of alkyl halides is 1.